The lowest BCUT2D eigenvalue weighted by Crippen LogP contribution is -2.33. The predicted octanol–water partition coefficient (Wildman–Crippen LogP) is 1.52. The van der Waals surface area contributed by atoms with Crippen molar-refractivity contribution < 1.29 is 9.90 Å². The van der Waals surface area contributed by atoms with Gasteiger partial charge in [-0.3, -0.25) is 9.69 Å². The standard InChI is InChI=1S/C17H23N3O2/c18-12-14-6-1-2-8-16(14)17(22)19-9-3-4-10-20-11-5-7-15(20)13-21/h1-2,6,8,15,21H,3-5,7,9-11,13H2,(H,19,22). The van der Waals surface area contributed by atoms with Gasteiger partial charge in [0.1, 0.15) is 0 Å². The second kappa shape index (κ2) is 8.52. The fraction of sp³-hybridized carbons (Fsp3) is 0.529. The third-order valence-electron chi connectivity index (χ3n) is 4.16. The van der Waals surface area contributed by atoms with Gasteiger partial charge in [-0.2, -0.15) is 5.26 Å². The number of aliphatic hydroxyl groups is 1. The van der Waals surface area contributed by atoms with Gasteiger partial charge >= 0.3 is 0 Å². The summed E-state index contributed by atoms with van der Waals surface area (Å²) in [7, 11) is 0. The first kappa shape index (κ1) is 16.5. The number of aliphatic hydroxyl groups excluding tert-OH is 1. The molecule has 0 radical (unpaired) electrons. The Morgan fingerprint density at radius 2 is 2.23 bits per heavy atom. The Hall–Kier alpha value is -1.90. The first-order valence-electron chi connectivity index (χ1n) is 7.88. The van der Waals surface area contributed by atoms with Crippen molar-refractivity contribution in [2.75, 3.05) is 26.2 Å². The molecule has 0 saturated carbocycles. The van der Waals surface area contributed by atoms with Crippen LogP contribution in [0.1, 0.15) is 41.6 Å². The zero-order valence-corrected chi connectivity index (χ0v) is 12.8. The van der Waals surface area contributed by atoms with Crippen LogP contribution >= 0.6 is 0 Å². The van der Waals surface area contributed by atoms with Crippen LogP contribution in [-0.2, 0) is 0 Å². The summed E-state index contributed by atoms with van der Waals surface area (Å²) in [4.78, 5) is 14.4. The number of nitriles is 1. The fourth-order valence-electron chi connectivity index (χ4n) is 2.91. The molecular formula is C17H23N3O2. The molecule has 118 valence electrons. The van der Waals surface area contributed by atoms with E-state index < -0.39 is 0 Å². The maximum absolute atomic E-state index is 12.0. The second-order valence-electron chi connectivity index (χ2n) is 5.63. The molecule has 22 heavy (non-hydrogen) atoms. The molecule has 1 aromatic rings. The van der Waals surface area contributed by atoms with Crippen molar-refractivity contribution in [1.29, 1.82) is 5.26 Å². The van der Waals surface area contributed by atoms with E-state index >= 15 is 0 Å². The molecule has 1 heterocycles. The molecule has 5 heteroatoms. The Morgan fingerprint density at radius 1 is 1.41 bits per heavy atom. The Bertz CT molecular complexity index is 539. The minimum atomic E-state index is -0.188. The van der Waals surface area contributed by atoms with Crippen LogP contribution in [-0.4, -0.2) is 48.2 Å². The lowest BCUT2D eigenvalue weighted by atomic mass is 10.1. The topological polar surface area (TPSA) is 76.4 Å². The number of nitrogens with zero attached hydrogens (tertiary/aromatic N) is 2. The molecule has 1 aliphatic rings. The quantitative estimate of drug-likeness (QED) is 0.749. The average molecular weight is 301 g/mol. The van der Waals surface area contributed by atoms with Crippen LogP contribution in [0.2, 0.25) is 0 Å². The minimum absolute atomic E-state index is 0.188. The molecule has 5 nitrogen and oxygen atoms in total. The van der Waals surface area contributed by atoms with Crippen LogP contribution in [0.3, 0.4) is 0 Å². The molecule has 2 rings (SSSR count). The lowest BCUT2D eigenvalue weighted by Gasteiger charge is -2.22. The van der Waals surface area contributed by atoms with E-state index in [1.54, 1.807) is 24.3 Å². The average Bonchev–Trinajstić information content (AvgIpc) is 3.01. The highest BCUT2D eigenvalue weighted by molar-refractivity contribution is 5.96. The fourth-order valence-corrected chi connectivity index (χ4v) is 2.91. The summed E-state index contributed by atoms with van der Waals surface area (Å²) in [5, 5.41) is 21.1. The second-order valence-corrected chi connectivity index (χ2v) is 5.63. The molecule has 0 aliphatic carbocycles. The maximum atomic E-state index is 12.0. The molecule has 0 spiro atoms. The smallest absolute Gasteiger partial charge is 0.252 e. The van der Waals surface area contributed by atoms with E-state index in [-0.39, 0.29) is 12.5 Å². The molecular weight excluding hydrogens is 278 g/mol. The van der Waals surface area contributed by atoms with Crippen LogP contribution in [0.5, 0.6) is 0 Å². The summed E-state index contributed by atoms with van der Waals surface area (Å²) in [5.74, 6) is -0.188. The van der Waals surface area contributed by atoms with E-state index in [4.69, 9.17) is 5.26 Å². The zero-order chi connectivity index (χ0) is 15.8. The van der Waals surface area contributed by atoms with E-state index in [0.29, 0.717) is 23.7 Å². The molecule has 0 aromatic heterocycles. The van der Waals surface area contributed by atoms with E-state index in [1.165, 1.54) is 0 Å². The van der Waals surface area contributed by atoms with Crippen LogP contribution in [0.4, 0.5) is 0 Å². The summed E-state index contributed by atoms with van der Waals surface area (Å²) in [6, 6.07) is 9.19. The number of amides is 1. The van der Waals surface area contributed by atoms with E-state index in [2.05, 4.69) is 10.2 Å². The van der Waals surface area contributed by atoms with Crippen molar-refractivity contribution in [3.63, 3.8) is 0 Å². The van der Waals surface area contributed by atoms with E-state index in [1.807, 2.05) is 6.07 Å². The van der Waals surface area contributed by atoms with Gasteiger partial charge in [0.05, 0.1) is 23.8 Å². The predicted molar refractivity (Wildman–Crippen MR) is 84.4 cm³/mol. The molecule has 1 atom stereocenters. The highest BCUT2D eigenvalue weighted by Crippen LogP contribution is 2.16. The zero-order valence-electron chi connectivity index (χ0n) is 12.8. The highest BCUT2D eigenvalue weighted by atomic mass is 16.3. The van der Waals surface area contributed by atoms with Gasteiger partial charge in [0.25, 0.3) is 5.91 Å². The van der Waals surface area contributed by atoms with Crippen LogP contribution < -0.4 is 5.32 Å². The first-order valence-corrected chi connectivity index (χ1v) is 7.88. The Balaban J connectivity index is 1.68. The molecule has 1 amide bonds. The van der Waals surface area contributed by atoms with Gasteiger partial charge in [-0.15, -0.1) is 0 Å². The van der Waals surface area contributed by atoms with Crippen molar-refractivity contribution in [3.05, 3.63) is 35.4 Å². The highest BCUT2D eigenvalue weighted by Gasteiger charge is 2.22. The molecule has 2 N–H and O–H groups in total. The summed E-state index contributed by atoms with van der Waals surface area (Å²) >= 11 is 0. The maximum Gasteiger partial charge on any atom is 0.252 e. The van der Waals surface area contributed by atoms with Crippen molar-refractivity contribution in [2.45, 2.75) is 31.7 Å². The number of hydrogen-bond acceptors (Lipinski definition) is 4. The Morgan fingerprint density at radius 3 is 3.00 bits per heavy atom. The number of hydrogen-bond donors (Lipinski definition) is 2. The van der Waals surface area contributed by atoms with Gasteiger partial charge in [-0.1, -0.05) is 12.1 Å². The molecule has 0 bridgehead atoms. The Kier molecular flexibility index (Phi) is 6.38. The number of carbonyl (C=O) groups is 1. The monoisotopic (exact) mass is 301 g/mol. The van der Waals surface area contributed by atoms with Crippen molar-refractivity contribution in [3.8, 4) is 6.07 Å². The van der Waals surface area contributed by atoms with Gasteiger partial charge in [-0.25, -0.2) is 0 Å². The lowest BCUT2D eigenvalue weighted by molar-refractivity contribution is 0.0952. The molecule has 1 unspecified atom stereocenters. The number of nitrogens with one attached hydrogen (secondary N) is 1. The number of likely N-dealkylation sites (tertiary alicyclic amines) is 1. The van der Waals surface area contributed by atoms with Gasteiger partial charge in [-0.05, 0) is 50.9 Å². The van der Waals surface area contributed by atoms with Crippen molar-refractivity contribution in [2.24, 2.45) is 0 Å². The van der Waals surface area contributed by atoms with Crippen molar-refractivity contribution >= 4 is 5.91 Å². The van der Waals surface area contributed by atoms with E-state index in [0.717, 1.165) is 38.8 Å². The van der Waals surface area contributed by atoms with Crippen LogP contribution in [0, 0.1) is 11.3 Å². The van der Waals surface area contributed by atoms with Crippen LogP contribution in [0.25, 0.3) is 0 Å². The summed E-state index contributed by atoms with van der Waals surface area (Å²) < 4.78 is 0. The summed E-state index contributed by atoms with van der Waals surface area (Å²) in [6.07, 6.45) is 4.14. The number of rotatable bonds is 7. The molecule has 1 aromatic carbocycles. The molecule has 1 saturated heterocycles. The minimum Gasteiger partial charge on any atom is -0.395 e. The van der Waals surface area contributed by atoms with E-state index in [9.17, 15) is 9.90 Å². The summed E-state index contributed by atoms with van der Waals surface area (Å²) in [5.41, 5.74) is 0.841. The third-order valence-corrected chi connectivity index (χ3v) is 4.16. The van der Waals surface area contributed by atoms with Gasteiger partial charge < -0.3 is 10.4 Å². The van der Waals surface area contributed by atoms with Crippen molar-refractivity contribution in [1.82, 2.24) is 10.2 Å². The third kappa shape index (κ3) is 4.30. The molecule has 1 fully saturated rings. The number of carbonyl (C=O) groups excluding carboxylic acids is 1. The SMILES string of the molecule is N#Cc1ccccc1C(=O)NCCCCN1CCCC1CO. The number of benzene rings is 1. The first-order chi connectivity index (χ1) is 10.8. The number of unbranched alkanes of at least 4 members (excludes halogenated alkanes) is 1. The summed E-state index contributed by atoms with van der Waals surface area (Å²) in [6.45, 7) is 2.88. The largest absolute Gasteiger partial charge is 0.395 e. The Labute approximate surface area is 131 Å². The van der Waals surface area contributed by atoms with Gasteiger partial charge in [0.2, 0.25) is 0 Å². The van der Waals surface area contributed by atoms with Crippen LogP contribution in [0.15, 0.2) is 24.3 Å². The van der Waals surface area contributed by atoms with Gasteiger partial charge in [0.15, 0.2) is 0 Å². The molecule has 1 aliphatic heterocycles. The normalized spacial score (nSPS) is 18.1. The van der Waals surface area contributed by atoms with Gasteiger partial charge in [0, 0.05) is 12.6 Å².